The fraction of sp³-hybridized carbons (Fsp3) is 0. The second-order valence-corrected chi connectivity index (χ2v) is 0. The average Bonchev–Trinajstić information content (AvgIpc) is 1.00. The molecule has 5 heavy (non-hydrogen) atoms. The van der Waals surface area contributed by atoms with Crippen LogP contribution in [0.4, 0.5) is 0 Å². The summed E-state index contributed by atoms with van der Waals surface area (Å²) in [6, 6.07) is 0. The Labute approximate surface area is 109 Å². The molecule has 0 aliphatic heterocycles. The number of hydrogen-bond donors (Lipinski definition) is 0. The Kier molecular flexibility index (Phi) is 128. The molecule has 25 valence electrons. The smallest absolute Gasteiger partial charge is 0 e. The first kappa shape index (κ1) is 24.0. The molecule has 5 heteroatoms. The van der Waals surface area contributed by atoms with Gasteiger partial charge in [0.05, 0.1) is 0 Å². The van der Waals surface area contributed by atoms with Crippen LogP contribution in [0.5, 0.6) is 0 Å². The Morgan fingerprint density at radius 3 is 1.40 bits per heavy atom. The van der Waals surface area contributed by atoms with Crippen LogP contribution in [0, 0.1) is 0 Å². The molecule has 0 atom stereocenters. The van der Waals surface area contributed by atoms with Crippen LogP contribution in [-0.4, -0.2) is 62.8 Å². The van der Waals surface area contributed by atoms with Crippen molar-refractivity contribution < 1.29 is 48.9 Å². The molecule has 0 aromatic heterocycles. The Bertz CT molecular complexity index is 17.7. The molecular weight excluding hydrogens is 271 g/mol. The van der Waals surface area contributed by atoms with Gasteiger partial charge >= 0.3 is 69.8 Å². The quantitative estimate of drug-likeness (QED) is 0.494. The summed E-state index contributed by atoms with van der Waals surface area (Å²) < 4.78 is 8.30. The molecule has 0 spiro atoms. The van der Waals surface area contributed by atoms with Crippen LogP contribution in [-0.2, 0) is 46.0 Å². The summed E-state index contributed by atoms with van der Waals surface area (Å²) >= 11 is 0.500. The summed E-state index contributed by atoms with van der Waals surface area (Å²) in [6.45, 7) is 0. The van der Waals surface area contributed by atoms with Gasteiger partial charge in [-0.3, -0.25) is 0 Å². The Morgan fingerprint density at radius 2 is 1.40 bits per heavy atom. The molecule has 0 fully saturated rings. The molecule has 0 saturated carbocycles. The van der Waals surface area contributed by atoms with E-state index < -0.39 is 0 Å². The second-order valence-electron chi connectivity index (χ2n) is 0. The first-order chi connectivity index (χ1) is 1.00. The predicted octanol–water partition coefficient (Wildman–Crippen LogP) is -1.46. The summed E-state index contributed by atoms with van der Waals surface area (Å²) in [4.78, 5) is 0. The van der Waals surface area contributed by atoms with Crippen LogP contribution in [0.1, 0.15) is 2.85 Å². The summed E-state index contributed by atoms with van der Waals surface area (Å²) in [5.74, 6) is 0. The molecular formula is H5AlNbOSrTi. The van der Waals surface area contributed by atoms with Crippen molar-refractivity contribution in [2.45, 2.75) is 0 Å². The summed E-state index contributed by atoms with van der Waals surface area (Å²) in [5, 5.41) is 0. The van der Waals surface area contributed by atoms with E-state index in [9.17, 15) is 0 Å². The van der Waals surface area contributed by atoms with Gasteiger partial charge < -0.3 is 2.85 Å². The minimum atomic E-state index is 0. The van der Waals surface area contributed by atoms with Crippen LogP contribution in [0.25, 0.3) is 0 Å². The Balaban J connectivity index is -0.000000000500. The first-order valence-corrected chi connectivity index (χ1v) is 1.08. The largest absolute Gasteiger partial charge is 2.00 e. The maximum absolute atomic E-state index is 8.30. The van der Waals surface area contributed by atoms with Crippen LogP contribution in [0.2, 0.25) is 0 Å². The van der Waals surface area contributed by atoms with Crippen molar-refractivity contribution in [2.24, 2.45) is 0 Å². The molecule has 0 amide bonds. The third-order valence-electron chi connectivity index (χ3n) is 0. The standard InChI is InChI=1S/Al.Nb.O.Sr.Ti.5H/q;;;+2;;;;;2*-1. The molecule has 0 radical (unpaired) electrons. The van der Waals surface area contributed by atoms with E-state index in [0.29, 0.717) is 21.0 Å². The molecule has 0 bridgehead atoms. The molecule has 0 N–H and O–H groups in total. The second kappa shape index (κ2) is 26.7. The zero-order valence-corrected chi connectivity index (χ0v) is 9.30. The van der Waals surface area contributed by atoms with E-state index >= 15 is 0 Å². The van der Waals surface area contributed by atoms with Gasteiger partial charge in [0.25, 0.3) is 0 Å². The van der Waals surface area contributed by atoms with Crippen molar-refractivity contribution in [1.82, 2.24) is 0 Å². The maximum atomic E-state index is 8.30. The van der Waals surface area contributed by atoms with Crippen LogP contribution in [0.3, 0.4) is 0 Å². The molecule has 0 rings (SSSR count). The maximum Gasteiger partial charge on any atom is 2.00 e. The van der Waals surface area contributed by atoms with Crippen molar-refractivity contribution in [2.75, 3.05) is 0 Å². The first-order valence-electron chi connectivity index (χ1n) is 0.183. The average molecular weight is 276 g/mol. The molecule has 0 aliphatic carbocycles. The minimum absolute atomic E-state index is 0. The zero-order valence-electron chi connectivity index (χ0n) is 4.06. The van der Waals surface area contributed by atoms with Crippen molar-refractivity contribution in [3.8, 4) is 0 Å². The SMILES string of the molecule is [AlH3].[H-].[H-].[O]=[Nb].[Sr+2].[Ti]. The molecule has 1 nitrogen and oxygen atoms in total. The monoisotopic (exact) mass is 277 g/mol. The molecule has 0 aliphatic rings. The van der Waals surface area contributed by atoms with Crippen LogP contribution in [0.15, 0.2) is 0 Å². The van der Waals surface area contributed by atoms with E-state index in [1.54, 1.807) is 0 Å². The predicted molar refractivity (Wildman–Crippen MR) is 18.6 cm³/mol. The van der Waals surface area contributed by atoms with Gasteiger partial charge in [0.2, 0.25) is 0 Å². The van der Waals surface area contributed by atoms with E-state index in [4.69, 9.17) is 3.25 Å². The van der Waals surface area contributed by atoms with Crippen LogP contribution >= 0.6 is 0 Å². The molecule has 0 heterocycles. The third kappa shape index (κ3) is 18.9. The van der Waals surface area contributed by atoms with Crippen molar-refractivity contribution >= 4 is 62.8 Å². The van der Waals surface area contributed by atoms with E-state index in [2.05, 4.69) is 0 Å². The van der Waals surface area contributed by atoms with Gasteiger partial charge in [-0.15, -0.1) is 0 Å². The van der Waals surface area contributed by atoms with E-state index in [0.717, 1.165) is 0 Å². The van der Waals surface area contributed by atoms with Gasteiger partial charge in [0.15, 0.2) is 17.4 Å². The van der Waals surface area contributed by atoms with Gasteiger partial charge in [-0.25, -0.2) is 0 Å². The third-order valence-corrected chi connectivity index (χ3v) is 0. The zero-order chi connectivity index (χ0) is 2.00. The van der Waals surface area contributed by atoms with Gasteiger partial charge in [0.1, 0.15) is 0 Å². The van der Waals surface area contributed by atoms with E-state index in [1.807, 2.05) is 0 Å². The normalized spacial score (nSPS) is 0.600. The van der Waals surface area contributed by atoms with Crippen molar-refractivity contribution in [1.29, 1.82) is 0 Å². The summed E-state index contributed by atoms with van der Waals surface area (Å²) in [5.41, 5.74) is 0. The van der Waals surface area contributed by atoms with Gasteiger partial charge in [0, 0.05) is 21.7 Å². The van der Waals surface area contributed by atoms with E-state index in [1.165, 1.54) is 0 Å². The minimum Gasteiger partial charge on any atom is 0 e. The fourth-order valence-electron chi connectivity index (χ4n) is 0. The van der Waals surface area contributed by atoms with Gasteiger partial charge in [-0.2, -0.15) is 0 Å². The fourth-order valence-corrected chi connectivity index (χ4v) is 0. The molecule has 0 aromatic rings. The summed E-state index contributed by atoms with van der Waals surface area (Å²) in [6.07, 6.45) is 0. The number of rotatable bonds is 0. The van der Waals surface area contributed by atoms with E-state index in [-0.39, 0.29) is 87.4 Å². The molecule has 0 aromatic carbocycles. The van der Waals surface area contributed by atoms with Gasteiger partial charge in [-0.1, -0.05) is 0 Å². The topological polar surface area (TPSA) is 17.1 Å². The molecule has 0 unspecified atom stereocenters. The molecule has 0 saturated heterocycles. The Hall–Kier alpha value is 3.27. The van der Waals surface area contributed by atoms with Crippen LogP contribution < -0.4 is 0 Å². The van der Waals surface area contributed by atoms with Crippen molar-refractivity contribution in [3.63, 3.8) is 0 Å². The van der Waals surface area contributed by atoms with Gasteiger partial charge in [-0.05, 0) is 0 Å². The van der Waals surface area contributed by atoms with Crippen molar-refractivity contribution in [3.05, 3.63) is 0 Å². The number of hydrogen-bond acceptors (Lipinski definition) is 1. The summed E-state index contributed by atoms with van der Waals surface area (Å²) in [7, 11) is 0. The Morgan fingerprint density at radius 1 is 1.40 bits per heavy atom.